The van der Waals surface area contributed by atoms with Crippen molar-refractivity contribution in [3.05, 3.63) is 35.4 Å². The highest BCUT2D eigenvalue weighted by atomic mass is 16.7. The highest BCUT2D eigenvalue weighted by Gasteiger charge is 2.54. The summed E-state index contributed by atoms with van der Waals surface area (Å²) in [6.45, 7) is 9.99. The van der Waals surface area contributed by atoms with Crippen molar-refractivity contribution in [1.82, 2.24) is 0 Å². The van der Waals surface area contributed by atoms with Crippen LogP contribution in [0.2, 0.25) is 0 Å². The Bertz CT molecular complexity index is 635. The van der Waals surface area contributed by atoms with Crippen LogP contribution in [0.5, 0.6) is 0 Å². The van der Waals surface area contributed by atoms with Crippen LogP contribution in [0.4, 0.5) is 0 Å². The maximum absolute atomic E-state index is 12.1. The lowest BCUT2D eigenvalue weighted by atomic mass is 9.66. The average molecular weight is 329 g/mol. The highest BCUT2D eigenvalue weighted by molar-refractivity contribution is 6.48. The van der Waals surface area contributed by atoms with Gasteiger partial charge in [0.15, 0.2) is 0 Å². The second kappa shape index (κ2) is 6.96. The topological polar surface area (TPSA) is 68.6 Å². The van der Waals surface area contributed by atoms with Gasteiger partial charge in [0, 0.05) is 5.82 Å². The van der Waals surface area contributed by atoms with E-state index in [1.54, 1.807) is 25.1 Å². The van der Waals surface area contributed by atoms with Crippen LogP contribution in [0.3, 0.4) is 0 Å². The molecule has 128 valence electrons. The molecule has 1 aromatic rings. The third-order valence-electron chi connectivity index (χ3n) is 4.74. The first kappa shape index (κ1) is 18.5. The highest BCUT2D eigenvalue weighted by Crippen LogP contribution is 2.41. The quantitative estimate of drug-likeness (QED) is 0.613. The van der Waals surface area contributed by atoms with Crippen LogP contribution in [-0.4, -0.2) is 30.9 Å². The number of benzene rings is 1. The van der Waals surface area contributed by atoms with Gasteiger partial charge in [-0.2, -0.15) is 5.26 Å². The summed E-state index contributed by atoms with van der Waals surface area (Å²) in [6, 6.07) is 9.32. The zero-order chi connectivity index (χ0) is 18.0. The summed E-state index contributed by atoms with van der Waals surface area (Å²) in [7, 11) is -0.576. The Kier molecular flexibility index (Phi) is 5.37. The van der Waals surface area contributed by atoms with E-state index < -0.39 is 18.3 Å². The van der Waals surface area contributed by atoms with E-state index in [1.807, 2.05) is 33.8 Å². The standard InChI is InChI=1S/C18H24BNO4/c1-6-22-16(21)11-15(14-9-7-8-13(10-14)12-20)19-23-17(2,3)18(4,5)24-19/h7-10,15H,6,11H2,1-5H3. The molecular weight excluding hydrogens is 305 g/mol. The molecule has 1 fully saturated rings. The molecule has 0 N–H and O–H groups in total. The second-order valence-corrected chi connectivity index (χ2v) is 6.98. The van der Waals surface area contributed by atoms with Gasteiger partial charge in [-0.25, -0.2) is 0 Å². The van der Waals surface area contributed by atoms with Crippen molar-refractivity contribution in [3.8, 4) is 6.07 Å². The summed E-state index contributed by atoms with van der Waals surface area (Å²) in [4.78, 5) is 12.1. The largest absolute Gasteiger partial charge is 0.466 e. The van der Waals surface area contributed by atoms with Crippen LogP contribution in [0.1, 0.15) is 58.0 Å². The fourth-order valence-corrected chi connectivity index (χ4v) is 2.66. The molecule has 1 aromatic carbocycles. The summed E-state index contributed by atoms with van der Waals surface area (Å²) in [5.74, 6) is -0.641. The number of hydrogen-bond acceptors (Lipinski definition) is 5. The SMILES string of the molecule is CCOC(=O)CC(B1OC(C)(C)C(C)(C)O1)c1cccc(C#N)c1. The van der Waals surface area contributed by atoms with Gasteiger partial charge in [-0.3, -0.25) is 4.79 Å². The summed E-state index contributed by atoms with van der Waals surface area (Å²) in [5, 5.41) is 9.14. The Morgan fingerprint density at radius 3 is 2.46 bits per heavy atom. The van der Waals surface area contributed by atoms with E-state index >= 15 is 0 Å². The predicted octanol–water partition coefficient (Wildman–Crippen LogP) is 3.23. The van der Waals surface area contributed by atoms with Crippen LogP contribution in [-0.2, 0) is 18.8 Å². The normalized spacial score (nSPS) is 19.6. The van der Waals surface area contributed by atoms with E-state index in [9.17, 15) is 4.79 Å². The molecular formula is C18H24BNO4. The van der Waals surface area contributed by atoms with Crippen molar-refractivity contribution in [1.29, 1.82) is 5.26 Å². The zero-order valence-electron chi connectivity index (χ0n) is 15.0. The molecule has 1 aliphatic heterocycles. The fourth-order valence-electron chi connectivity index (χ4n) is 2.66. The Morgan fingerprint density at radius 1 is 1.29 bits per heavy atom. The van der Waals surface area contributed by atoms with Crippen LogP contribution >= 0.6 is 0 Å². The van der Waals surface area contributed by atoms with Gasteiger partial charge in [0.05, 0.1) is 35.9 Å². The van der Waals surface area contributed by atoms with E-state index in [1.165, 1.54) is 0 Å². The maximum atomic E-state index is 12.1. The van der Waals surface area contributed by atoms with Gasteiger partial charge in [-0.15, -0.1) is 0 Å². The average Bonchev–Trinajstić information content (AvgIpc) is 2.73. The van der Waals surface area contributed by atoms with Crippen LogP contribution in [0, 0.1) is 11.3 Å². The lowest BCUT2D eigenvalue weighted by Crippen LogP contribution is -2.41. The summed E-state index contributed by atoms with van der Waals surface area (Å²) >= 11 is 0. The van der Waals surface area contributed by atoms with E-state index in [4.69, 9.17) is 19.3 Å². The molecule has 0 saturated carbocycles. The first-order chi connectivity index (χ1) is 11.2. The second-order valence-electron chi connectivity index (χ2n) is 6.98. The lowest BCUT2D eigenvalue weighted by molar-refractivity contribution is -0.143. The molecule has 1 heterocycles. The number of nitriles is 1. The van der Waals surface area contributed by atoms with E-state index in [0.29, 0.717) is 12.2 Å². The summed E-state index contributed by atoms with van der Waals surface area (Å²) in [5.41, 5.74) is 0.396. The summed E-state index contributed by atoms with van der Waals surface area (Å²) < 4.78 is 17.3. The van der Waals surface area contributed by atoms with Crippen molar-refractivity contribution in [2.75, 3.05) is 6.61 Å². The Labute approximate surface area is 144 Å². The molecule has 0 aromatic heterocycles. The number of carbonyl (C=O) groups excluding carboxylic acids is 1. The van der Waals surface area contributed by atoms with Gasteiger partial charge in [0.1, 0.15) is 0 Å². The first-order valence-electron chi connectivity index (χ1n) is 8.21. The Balaban J connectivity index is 2.33. The van der Waals surface area contributed by atoms with Gasteiger partial charge < -0.3 is 14.0 Å². The first-order valence-corrected chi connectivity index (χ1v) is 8.21. The van der Waals surface area contributed by atoms with Crippen molar-refractivity contribution < 1.29 is 18.8 Å². The molecule has 0 aliphatic carbocycles. The Morgan fingerprint density at radius 2 is 1.92 bits per heavy atom. The number of hydrogen-bond donors (Lipinski definition) is 0. The number of rotatable bonds is 5. The number of esters is 1. The molecule has 1 aliphatic rings. The maximum Gasteiger partial charge on any atom is 0.466 e. The molecule has 0 bridgehead atoms. The van der Waals surface area contributed by atoms with Crippen LogP contribution < -0.4 is 0 Å². The number of carbonyl (C=O) groups is 1. The van der Waals surface area contributed by atoms with Gasteiger partial charge in [0.2, 0.25) is 0 Å². The third kappa shape index (κ3) is 3.80. The Hall–Kier alpha value is -1.84. The zero-order valence-corrected chi connectivity index (χ0v) is 15.0. The lowest BCUT2D eigenvalue weighted by Gasteiger charge is -2.32. The summed E-state index contributed by atoms with van der Waals surface area (Å²) in [6.07, 6.45) is 0.138. The van der Waals surface area contributed by atoms with Crippen molar-refractivity contribution in [2.45, 2.75) is 58.1 Å². The molecule has 0 amide bonds. The van der Waals surface area contributed by atoms with Crippen LogP contribution in [0.15, 0.2) is 24.3 Å². The van der Waals surface area contributed by atoms with Crippen molar-refractivity contribution in [2.24, 2.45) is 0 Å². The monoisotopic (exact) mass is 329 g/mol. The molecule has 5 nitrogen and oxygen atoms in total. The molecule has 1 unspecified atom stereocenters. The van der Waals surface area contributed by atoms with E-state index in [0.717, 1.165) is 5.56 Å². The minimum absolute atomic E-state index is 0.138. The molecule has 2 rings (SSSR count). The molecule has 0 radical (unpaired) electrons. The van der Waals surface area contributed by atoms with E-state index in [-0.39, 0.29) is 18.2 Å². The molecule has 0 spiro atoms. The van der Waals surface area contributed by atoms with Crippen molar-refractivity contribution >= 4 is 13.1 Å². The van der Waals surface area contributed by atoms with Gasteiger partial charge in [-0.05, 0) is 52.3 Å². The molecule has 1 atom stereocenters. The number of ether oxygens (including phenoxy) is 1. The number of nitrogens with zero attached hydrogens (tertiary/aromatic N) is 1. The minimum atomic E-state index is -0.576. The third-order valence-corrected chi connectivity index (χ3v) is 4.74. The fraction of sp³-hybridized carbons (Fsp3) is 0.556. The molecule has 6 heteroatoms. The predicted molar refractivity (Wildman–Crippen MR) is 91.2 cm³/mol. The molecule has 24 heavy (non-hydrogen) atoms. The van der Waals surface area contributed by atoms with Crippen LogP contribution in [0.25, 0.3) is 0 Å². The van der Waals surface area contributed by atoms with Gasteiger partial charge in [-0.1, -0.05) is 12.1 Å². The van der Waals surface area contributed by atoms with Gasteiger partial charge >= 0.3 is 13.1 Å². The minimum Gasteiger partial charge on any atom is -0.466 e. The van der Waals surface area contributed by atoms with Gasteiger partial charge in [0.25, 0.3) is 0 Å². The smallest absolute Gasteiger partial charge is 0.466 e. The molecule has 1 saturated heterocycles. The van der Waals surface area contributed by atoms with Crippen molar-refractivity contribution in [3.63, 3.8) is 0 Å². The van der Waals surface area contributed by atoms with E-state index in [2.05, 4.69) is 6.07 Å².